The van der Waals surface area contributed by atoms with Gasteiger partial charge in [-0.25, -0.2) is 4.79 Å². The molecule has 0 saturated carbocycles. The number of H-pyrrole nitrogens is 1. The van der Waals surface area contributed by atoms with Crippen molar-refractivity contribution in [3.63, 3.8) is 0 Å². The summed E-state index contributed by atoms with van der Waals surface area (Å²) in [5.74, 6) is 0.517. The number of carbonyl (C=O) groups is 1. The number of nitrogens with zero attached hydrogens (tertiary/aromatic N) is 3. The number of hydrogen-bond donors (Lipinski definition) is 0. The molecule has 3 aliphatic rings. The topological polar surface area (TPSA) is 80.4 Å². The second kappa shape index (κ2) is 7.62. The molecule has 29 heavy (non-hydrogen) atoms. The summed E-state index contributed by atoms with van der Waals surface area (Å²) in [5, 5.41) is 0. The van der Waals surface area contributed by atoms with Gasteiger partial charge < -0.3 is 23.9 Å². The fourth-order valence-corrected chi connectivity index (χ4v) is 3.55. The molecule has 0 radical (unpaired) electrons. The Morgan fingerprint density at radius 2 is 1.93 bits per heavy atom. The van der Waals surface area contributed by atoms with Gasteiger partial charge in [-0.2, -0.15) is 4.98 Å². The molecular formula is C21H25N4O4+. The SMILES string of the molecule is CCOC(=O)N1CCN(c2cc3oc4cc(N(C)C)ccc4[nH+]c-3c(=O)c2)CC1. The number of fused-ring (bicyclic) bond motifs is 2. The third-order valence-corrected chi connectivity index (χ3v) is 5.18. The van der Waals surface area contributed by atoms with Crippen LogP contribution in [0.25, 0.3) is 22.6 Å². The number of ether oxygens (including phenoxy) is 1. The maximum atomic E-state index is 12.7. The van der Waals surface area contributed by atoms with Crippen molar-refractivity contribution in [1.82, 2.24) is 4.90 Å². The first-order valence-corrected chi connectivity index (χ1v) is 9.74. The highest BCUT2D eigenvalue weighted by molar-refractivity contribution is 5.77. The molecule has 1 aromatic carbocycles. The van der Waals surface area contributed by atoms with Crippen molar-refractivity contribution < 1.29 is 18.9 Å². The molecule has 0 atom stereocenters. The molecule has 8 heteroatoms. The van der Waals surface area contributed by atoms with E-state index in [1.165, 1.54) is 0 Å². The largest absolute Gasteiger partial charge is 0.450 e. The zero-order chi connectivity index (χ0) is 20.5. The Bertz CT molecular complexity index is 1070. The lowest BCUT2D eigenvalue weighted by molar-refractivity contribution is -0.335. The molecule has 0 bridgehead atoms. The lowest BCUT2D eigenvalue weighted by Crippen LogP contribution is -2.49. The molecule has 8 nitrogen and oxygen atoms in total. The number of nitrogens with one attached hydrogen (secondary N) is 1. The molecule has 1 aliphatic carbocycles. The fraction of sp³-hybridized carbons (Fsp3) is 0.381. The van der Waals surface area contributed by atoms with Crippen molar-refractivity contribution in [1.29, 1.82) is 0 Å². The molecule has 2 heterocycles. The molecule has 152 valence electrons. The normalized spacial score (nSPS) is 14.4. The van der Waals surface area contributed by atoms with Gasteiger partial charge in [0.25, 0.3) is 11.1 Å². The summed E-state index contributed by atoms with van der Waals surface area (Å²) in [4.78, 5) is 33.6. The summed E-state index contributed by atoms with van der Waals surface area (Å²) in [7, 11) is 3.94. The van der Waals surface area contributed by atoms with E-state index in [0.29, 0.717) is 49.8 Å². The molecule has 1 fully saturated rings. The van der Waals surface area contributed by atoms with Crippen LogP contribution in [0.1, 0.15) is 6.92 Å². The van der Waals surface area contributed by atoms with Gasteiger partial charge in [0.05, 0.1) is 6.61 Å². The molecule has 0 spiro atoms. The summed E-state index contributed by atoms with van der Waals surface area (Å²) in [5.41, 5.74) is 3.61. The number of anilines is 2. The van der Waals surface area contributed by atoms with E-state index in [2.05, 4.69) is 9.88 Å². The minimum atomic E-state index is -0.289. The molecular weight excluding hydrogens is 372 g/mol. The first kappa shape index (κ1) is 19.0. The second-order valence-corrected chi connectivity index (χ2v) is 7.29. The van der Waals surface area contributed by atoms with Crippen LogP contribution in [0.2, 0.25) is 0 Å². The van der Waals surface area contributed by atoms with Crippen molar-refractivity contribution in [3.05, 3.63) is 40.6 Å². The van der Waals surface area contributed by atoms with Crippen molar-refractivity contribution in [2.24, 2.45) is 0 Å². The molecule has 2 aliphatic heterocycles. The first-order valence-electron chi connectivity index (χ1n) is 9.74. The Balaban J connectivity index is 1.64. The van der Waals surface area contributed by atoms with Crippen LogP contribution >= 0.6 is 0 Å². The van der Waals surface area contributed by atoms with Gasteiger partial charge >= 0.3 is 6.09 Å². The number of benzene rings is 2. The van der Waals surface area contributed by atoms with Crippen molar-refractivity contribution in [2.75, 3.05) is 56.7 Å². The fourth-order valence-electron chi connectivity index (χ4n) is 3.55. The zero-order valence-electron chi connectivity index (χ0n) is 16.9. The number of amides is 1. The van der Waals surface area contributed by atoms with Crippen LogP contribution in [0.3, 0.4) is 0 Å². The number of piperazine rings is 1. The number of carbonyl (C=O) groups excluding carboxylic acids is 1. The molecule has 1 aromatic rings. The quantitative estimate of drug-likeness (QED) is 0.630. The Kier molecular flexibility index (Phi) is 5.00. The molecule has 1 N–H and O–H groups in total. The van der Waals surface area contributed by atoms with Crippen molar-refractivity contribution >= 4 is 28.6 Å². The first-order chi connectivity index (χ1) is 14.0. The zero-order valence-corrected chi connectivity index (χ0v) is 16.9. The van der Waals surface area contributed by atoms with E-state index >= 15 is 0 Å². The number of aromatic nitrogens is 1. The maximum absolute atomic E-state index is 12.7. The van der Waals surface area contributed by atoms with Crippen LogP contribution in [-0.2, 0) is 4.74 Å². The standard InChI is InChI=1S/C21H24N4O4/c1-4-28-21(27)25-9-7-24(8-10-25)15-11-17(26)20-19(13-15)29-18-12-14(23(2)3)5-6-16(18)22-20/h5-6,11-13H,4,7-10H2,1-3H3/p+1. The minimum Gasteiger partial charge on any atom is -0.450 e. The molecule has 4 rings (SSSR count). The Hall–Kier alpha value is -3.29. The van der Waals surface area contributed by atoms with E-state index in [4.69, 9.17) is 9.15 Å². The highest BCUT2D eigenvalue weighted by atomic mass is 16.6. The van der Waals surface area contributed by atoms with Gasteiger partial charge in [0.2, 0.25) is 16.9 Å². The Morgan fingerprint density at radius 1 is 1.17 bits per heavy atom. The van der Waals surface area contributed by atoms with Gasteiger partial charge in [-0.15, -0.1) is 0 Å². The predicted molar refractivity (Wildman–Crippen MR) is 111 cm³/mol. The van der Waals surface area contributed by atoms with Gasteiger partial charge in [0.1, 0.15) is 0 Å². The lowest BCUT2D eigenvalue weighted by atomic mass is 10.1. The average Bonchev–Trinajstić information content (AvgIpc) is 2.72. The van der Waals surface area contributed by atoms with Gasteiger partial charge in [0.15, 0.2) is 0 Å². The summed E-state index contributed by atoms with van der Waals surface area (Å²) in [6, 6.07) is 9.33. The average molecular weight is 397 g/mol. The van der Waals surface area contributed by atoms with E-state index in [9.17, 15) is 9.59 Å². The molecule has 1 amide bonds. The molecule has 1 saturated heterocycles. The minimum absolute atomic E-state index is 0.118. The molecule has 0 unspecified atom stereocenters. The predicted octanol–water partition coefficient (Wildman–Crippen LogP) is 2.06. The van der Waals surface area contributed by atoms with E-state index < -0.39 is 0 Å². The van der Waals surface area contributed by atoms with Gasteiger partial charge in [0, 0.05) is 75.9 Å². The lowest BCUT2D eigenvalue weighted by Gasteiger charge is -2.35. The van der Waals surface area contributed by atoms with Crippen LogP contribution in [0.4, 0.5) is 16.2 Å². The Morgan fingerprint density at radius 3 is 2.62 bits per heavy atom. The van der Waals surface area contributed by atoms with Crippen LogP contribution in [-0.4, -0.2) is 57.9 Å². The summed E-state index contributed by atoms with van der Waals surface area (Å²) >= 11 is 0. The third kappa shape index (κ3) is 3.70. The second-order valence-electron chi connectivity index (χ2n) is 7.29. The van der Waals surface area contributed by atoms with Crippen LogP contribution in [0, 0.1) is 0 Å². The van der Waals surface area contributed by atoms with E-state index in [0.717, 1.165) is 16.9 Å². The number of hydrogen-bond acceptors (Lipinski definition) is 6. The smallest absolute Gasteiger partial charge is 0.409 e. The highest BCUT2D eigenvalue weighted by Crippen LogP contribution is 2.27. The van der Waals surface area contributed by atoms with Gasteiger partial charge in [-0.3, -0.25) is 4.79 Å². The summed E-state index contributed by atoms with van der Waals surface area (Å²) in [6.07, 6.45) is -0.289. The maximum Gasteiger partial charge on any atom is 0.409 e. The van der Waals surface area contributed by atoms with E-state index in [1.54, 1.807) is 17.9 Å². The molecule has 0 aromatic heterocycles. The van der Waals surface area contributed by atoms with Crippen molar-refractivity contribution in [3.8, 4) is 11.5 Å². The van der Waals surface area contributed by atoms with E-state index in [1.807, 2.05) is 43.3 Å². The van der Waals surface area contributed by atoms with Crippen LogP contribution in [0.5, 0.6) is 0 Å². The third-order valence-electron chi connectivity index (χ3n) is 5.18. The highest BCUT2D eigenvalue weighted by Gasteiger charge is 2.26. The Labute approximate surface area is 168 Å². The summed E-state index contributed by atoms with van der Waals surface area (Å²) in [6.45, 7) is 4.53. The van der Waals surface area contributed by atoms with E-state index in [-0.39, 0.29) is 11.5 Å². The monoisotopic (exact) mass is 397 g/mol. The van der Waals surface area contributed by atoms with Crippen molar-refractivity contribution in [2.45, 2.75) is 6.92 Å². The number of aromatic amines is 1. The van der Waals surface area contributed by atoms with Crippen LogP contribution in [0.15, 0.2) is 39.5 Å². The van der Waals surface area contributed by atoms with Gasteiger partial charge in [-0.1, -0.05) is 0 Å². The summed E-state index contributed by atoms with van der Waals surface area (Å²) < 4.78 is 11.1. The van der Waals surface area contributed by atoms with Gasteiger partial charge in [-0.05, 0) is 13.0 Å². The van der Waals surface area contributed by atoms with Crippen LogP contribution < -0.4 is 20.2 Å². The number of rotatable bonds is 3.